The van der Waals surface area contributed by atoms with Crippen LogP contribution in [-0.4, -0.2) is 16.5 Å². The largest absolute Gasteiger partial charge is 0.379 e. The molecule has 5 nitrogen and oxygen atoms in total. The molecule has 88 valence electrons. The summed E-state index contributed by atoms with van der Waals surface area (Å²) >= 11 is 5.79. The standard InChI is InChI=1S/C10H14ClN3O2/c1-4-5-12-8-6(2)7(3)13-10(11)9(8)14(15)16/h4-5H2,1-3H3,(H,12,13). The zero-order valence-corrected chi connectivity index (χ0v) is 10.3. The van der Waals surface area contributed by atoms with Gasteiger partial charge in [-0.05, 0) is 20.3 Å². The molecule has 0 aromatic carbocycles. The molecule has 1 rings (SSSR count). The number of hydrogen-bond acceptors (Lipinski definition) is 4. The lowest BCUT2D eigenvalue weighted by molar-refractivity contribution is -0.384. The molecule has 1 N–H and O–H groups in total. The van der Waals surface area contributed by atoms with Crippen LogP contribution in [0.5, 0.6) is 0 Å². The normalized spacial score (nSPS) is 10.2. The van der Waals surface area contributed by atoms with E-state index >= 15 is 0 Å². The van der Waals surface area contributed by atoms with Crippen LogP contribution >= 0.6 is 11.6 Å². The first-order chi connectivity index (χ1) is 7.49. The number of pyridine rings is 1. The number of aryl methyl sites for hydroxylation is 1. The lowest BCUT2D eigenvalue weighted by Gasteiger charge is -2.11. The highest BCUT2D eigenvalue weighted by Crippen LogP contribution is 2.35. The maximum Gasteiger partial charge on any atom is 0.329 e. The smallest absolute Gasteiger partial charge is 0.329 e. The molecule has 0 aliphatic carbocycles. The molecule has 0 saturated carbocycles. The molecule has 0 radical (unpaired) electrons. The molecule has 1 heterocycles. The summed E-state index contributed by atoms with van der Waals surface area (Å²) in [6.07, 6.45) is 0.885. The topological polar surface area (TPSA) is 68.1 Å². The molecule has 0 atom stereocenters. The fourth-order valence-electron chi connectivity index (χ4n) is 1.38. The van der Waals surface area contributed by atoms with Gasteiger partial charge in [0.05, 0.1) is 4.92 Å². The van der Waals surface area contributed by atoms with Gasteiger partial charge in [-0.2, -0.15) is 0 Å². The van der Waals surface area contributed by atoms with Crippen LogP contribution in [0.2, 0.25) is 5.15 Å². The average molecular weight is 244 g/mol. The Morgan fingerprint density at radius 1 is 1.50 bits per heavy atom. The first-order valence-corrected chi connectivity index (χ1v) is 5.41. The van der Waals surface area contributed by atoms with E-state index in [2.05, 4.69) is 10.3 Å². The molecule has 1 aromatic heterocycles. The Balaban J connectivity index is 3.33. The molecule has 0 aliphatic heterocycles. The molecule has 0 bridgehead atoms. The maximum atomic E-state index is 10.9. The Hall–Kier alpha value is -1.36. The van der Waals surface area contributed by atoms with Gasteiger partial charge in [0, 0.05) is 17.8 Å². The van der Waals surface area contributed by atoms with Crippen LogP contribution in [0, 0.1) is 24.0 Å². The van der Waals surface area contributed by atoms with Crippen molar-refractivity contribution >= 4 is 23.0 Å². The van der Waals surface area contributed by atoms with Gasteiger partial charge in [0.1, 0.15) is 5.69 Å². The van der Waals surface area contributed by atoms with E-state index in [9.17, 15) is 10.1 Å². The van der Waals surface area contributed by atoms with Gasteiger partial charge >= 0.3 is 5.69 Å². The third-order valence-corrected chi connectivity index (χ3v) is 2.61. The van der Waals surface area contributed by atoms with Gasteiger partial charge in [0.25, 0.3) is 0 Å². The van der Waals surface area contributed by atoms with E-state index in [0.29, 0.717) is 17.9 Å². The molecule has 0 fully saturated rings. The molecule has 0 amide bonds. The van der Waals surface area contributed by atoms with Crippen molar-refractivity contribution < 1.29 is 4.92 Å². The van der Waals surface area contributed by atoms with Crippen molar-refractivity contribution in [1.82, 2.24) is 4.98 Å². The van der Waals surface area contributed by atoms with Crippen molar-refractivity contribution in [1.29, 1.82) is 0 Å². The van der Waals surface area contributed by atoms with Gasteiger partial charge < -0.3 is 5.32 Å². The Bertz CT molecular complexity index is 421. The zero-order valence-electron chi connectivity index (χ0n) is 9.50. The predicted octanol–water partition coefficient (Wildman–Crippen LogP) is 3.08. The lowest BCUT2D eigenvalue weighted by atomic mass is 10.1. The Morgan fingerprint density at radius 2 is 2.12 bits per heavy atom. The summed E-state index contributed by atoms with van der Waals surface area (Å²) in [5, 5.41) is 13.9. The minimum atomic E-state index is -0.500. The number of anilines is 1. The molecule has 0 aliphatic rings. The van der Waals surface area contributed by atoms with Crippen molar-refractivity contribution in [3.8, 4) is 0 Å². The highest BCUT2D eigenvalue weighted by molar-refractivity contribution is 6.32. The number of aromatic nitrogens is 1. The van der Waals surface area contributed by atoms with Gasteiger partial charge in [0.15, 0.2) is 0 Å². The Labute approximate surface area is 99.0 Å². The molecule has 0 unspecified atom stereocenters. The minimum absolute atomic E-state index is 0.0632. The summed E-state index contributed by atoms with van der Waals surface area (Å²) in [6.45, 7) is 6.23. The predicted molar refractivity (Wildman–Crippen MR) is 64.2 cm³/mol. The van der Waals surface area contributed by atoms with Crippen molar-refractivity contribution in [3.05, 3.63) is 26.5 Å². The van der Waals surface area contributed by atoms with E-state index in [4.69, 9.17) is 11.6 Å². The minimum Gasteiger partial charge on any atom is -0.379 e. The van der Waals surface area contributed by atoms with Crippen molar-refractivity contribution in [3.63, 3.8) is 0 Å². The summed E-state index contributed by atoms with van der Waals surface area (Å²) in [5.41, 5.74) is 1.81. The number of nitrogens with one attached hydrogen (secondary N) is 1. The number of nitro groups is 1. The number of nitrogens with zero attached hydrogens (tertiary/aromatic N) is 2. The van der Waals surface area contributed by atoms with Crippen molar-refractivity contribution in [2.45, 2.75) is 27.2 Å². The molecular formula is C10H14ClN3O2. The highest BCUT2D eigenvalue weighted by atomic mass is 35.5. The van der Waals surface area contributed by atoms with Crippen LogP contribution in [0.25, 0.3) is 0 Å². The molecule has 1 aromatic rings. The quantitative estimate of drug-likeness (QED) is 0.501. The van der Waals surface area contributed by atoms with E-state index in [1.807, 2.05) is 6.92 Å². The fraction of sp³-hybridized carbons (Fsp3) is 0.500. The summed E-state index contributed by atoms with van der Waals surface area (Å²) in [4.78, 5) is 14.4. The maximum absolute atomic E-state index is 10.9. The van der Waals surface area contributed by atoms with Gasteiger partial charge in [-0.1, -0.05) is 18.5 Å². The molecular weight excluding hydrogens is 230 g/mol. The van der Waals surface area contributed by atoms with Gasteiger partial charge in [-0.3, -0.25) is 10.1 Å². The van der Waals surface area contributed by atoms with Crippen LogP contribution in [-0.2, 0) is 0 Å². The van der Waals surface area contributed by atoms with Crippen LogP contribution in [0.4, 0.5) is 11.4 Å². The monoisotopic (exact) mass is 243 g/mol. The average Bonchev–Trinajstić information content (AvgIpc) is 2.20. The van der Waals surface area contributed by atoms with Gasteiger partial charge in [0.2, 0.25) is 5.15 Å². The van der Waals surface area contributed by atoms with E-state index in [0.717, 1.165) is 12.0 Å². The summed E-state index contributed by atoms with van der Waals surface area (Å²) < 4.78 is 0. The van der Waals surface area contributed by atoms with Crippen LogP contribution in [0.3, 0.4) is 0 Å². The van der Waals surface area contributed by atoms with E-state index in [-0.39, 0.29) is 10.8 Å². The van der Waals surface area contributed by atoms with E-state index < -0.39 is 4.92 Å². The second kappa shape index (κ2) is 5.12. The highest BCUT2D eigenvalue weighted by Gasteiger charge is 2.23. The van der Waals surface area contributed by atoms with E-state index in [1.165, 1.54) is 0 Å². The summed E-state index contributed by atoms with van der Waals surface area (Å²) in [7, 11) is 0. The summed E-state index contributed by atoms with van der Waals surface area (Å²) in [5.74, 6) is 0. The number of halogens is 1. The van der Waals surface area contributed by atoms with Crippen molar-refractivity contribution in [2.75, 3.05) is 11.9 Å². The van der Waals surface area contributed by atoms with E-state index in [1.54, 1.807) is 13.8 Å². The molecule has 16 heavy (non-hydrogen) atoms. The first kappa shape index (κ1) is 12.7. The fourth-order valence-corrected chi connectivity index (χ4v) is 1.67. The third kappa shape index (κ3) is 2.41. The lowest BCUT2D eigenvalue weighted by Crippen LogP contribution is -2.08. The number of rotatable bonds is 4. The van der Waals surface area contributed by atoms with Crippen LogP contribution < -0.4 is 5.32 Å². The molecule has 0 spiro atoms. The molecule has 6 heteroatoms. The van der Waals surface area contributed by atoms with Crippen LogP contribution in [0.15, 0.2) is 0 Å². The van der Waals surface area contributed by atoms with Crippen LogP contribution in [0.1, 0.15) is 24.6 Å². The molecule has 0 saturated heterocycles. The number of hydrogen-bond donors (Lipinski definition) is 1. The van der Waals surface area contributed by atoms with Crippen molar-refractivity contribution in [2.24, 2.45) is 0 Å². The second-order valence-electron chi connectivity index (χ2n) is 3.52. The summed E-state index contributed by atoms with van der Waals surface area (Å²) in [6, 6.07) is 0. The third-order valence-electron chi connectivity index (χ3n) is 2.35. The van der Waals surface area contributed by atoms with Gasteiger partial charge in [-0.15, -0.1) is 0 Å². The Kier molecular flexibility index (Phi) is 4.06. The Morgan fingerprint density at radius 3 is 2.62 bits per heavy atom. The second-order valence-corrected chi connectivity index (χ2v) is 3.88. The zero-order chi connectivity index (χ0) is 12.3. The first-order valence-electron chi connectivity index (χ1n) is 5.04. The van der Waals surface area contributed by atoms with Gasteiger partial charge in [-0.25, -0.2) is 4.98 Å². The SMILES string of the molecule is CCCNc1c(C)c(C)nc(Cl)c1[N+](=O)[O-].